The van der Waals surface area contributed by atoms with Crippen molar-refractivity contribution in [2.75, 3.05) is 13.1 Å². The molecule has 4 rings (SSSR count). The molecule has 2 aromatic carbocycles. The van der Waals surface area contributed by atoms with Crippen molar-refractivity contribution in [3.8, 4) is 11.4 Å². The van der Waals surface area contributed by atoms with Crippen molar-refractivity contribution in [1.29, 1.82) is 0 Å². The van der Waals surface area contributed by atoms with Crippen LogP contribution >= 0.6 is 0 Å². The molecule has 0 bridgehead atoms. The minimum absolute atomic E-state index is 0.271. The number of rotatable bonds is 7. The summed E-state index contributed by atoms with van der Waals surface area (Å²) in [4.78, 5) is 1.85. The topological polar surface area (TPSA) is 76.5 Å². The standard InChI is InChI=1S/C21H21F3N4O3S/c22-21(23,24)31-19-3-1-4-20(13-19)32(29,30)26-17-9-12-27(15-17)14-16-5-7-18(8-6-16)28-11-2-10-25-28/h1-8,10-11,13,17,26H,9,12,14-15H2. The average Bonchev–Trinajstić information content (AvgIpc) is 3.40. The number of halogens is 3. The average molecular weight is 466 g/mol. The Hall–Kier alpha value is -2.89. The Morgan fingerprint density at radius 3 is 2.59 bits per heavy atom. The molecule has 0 radical (unpaired) electrons. The molecule has 0 spiro atoms. The van der Waals surface area contributed by atoms with Gasteiger partial charge in [0.15, 0.2) is 0 Å². The van der Waals surface area contributed by atoms with Crippen LogP contribution in [-0.4, -0.2) is 48.6 Å². The summed E-state index contributed by atoms with van der Waals surface area (Å²) >= 11 is 0. The molecule has 32 heavy (non-hydrogen) atoms. The fraction of sp³-hybridized carbons (Fsp3) is 0.286. The second-order valence-electron chi connectivity index (χ2n) is 7.48. The van der Waals surface area contributed by atoms with Crippen LogP contribution in [0.3, 0.4) is 0 Å². The highest BCUT2D eigenvalue weighted by Crippen LogP contribution is 2.25. The summed E-state index contributed by atoms with van der Waals surface area (Å²) in [7, 11) is -3.98. The predicted octanol–water partition coefficient (Wildman–Crippen LogP) is 3.32. The molecule has 2 heterocycles. The van der Waals surface area contributed by atoms with Crippen molar-refractivity contribution in [2.24, 2.45) is 0 Å². The lowest BCUT2D eigenvalue weighted by Gasteiger charge is -2.17. The Kier molecular flexibility index (Phi) is 6.22. The van der Waals surface area contributed by atoms with Gasteiger partial charge in [0, 0.05) is 44.1 Å². The molecule has 1 atom stereocenters. The van der Waals surface area contributed by atoms with Crippen LogP contribution in [0.1, 0.15) is 12.0 Å². The van der Waals surface area contributed by atoms with Crippen LogP contribution in [0.4, 0.5) is 13.2 Å². The molecule has 7 nitrogen and oxygen atoms in total. The zero-order valence-electron chi connectivity index (χ0n) is 16.9. The zero-order valence-corrected chi connectivity index (χ0v) is 17.7. The molecule has 1 unspecified atom stereocenters. The largest absolute Gasteiger partial charge is 0.573 e. The summed E-state index contributed by atoms with van der Waals surface area (Å²) in [5.74, 6) is -0.577. The lowest BCUT2D eigenvalue weighted by Crippen LogP contribution is -2.37. The molecule has 1 aromatic heterocycles. The minimum Gasteiger partial charge on any atom is -0.406 e. The highest BCUT2D eigenvalue weighted by molar-refractivity contribution is 7.89. The normalized spacial score (nSPS) is 17.5. The molecule has 1 aliphatic heterocycles. The van der Waals surface area contributed by atoms with Gasteiger partial charge >= 0.3 is 6.36 Å². The van der Waals surface area contributed by atoms with E-state index >= 15 is 0 Å². The van der Waals surface area contributed by atoms with E-state index in [1.165, 1.54) is 12.1 Å². The maximum Gasteiger partial charge on any atom is 0.573 e. The van der Waals surface area contributed by atoms with Crippen molar-refractivity contribution in [3.05, 3.63) is 72.6 Å². The monoisotopic (exact) mass is 466 g/mol. The Bertz CT molecular complexity index is 1150. The van der Waals surface area contributed by atoms with Gasteiger partial charge in [0.2, 0.25) is 10.0 Å². The van der Waals surface area contributed by atoms with Gasteiger partial charge in [-0.1, -0.05) is 18.2 Å². The first-order chi connectivity index (χ1) is 15.2. The quantitative estimate of drug-likeness (QED) is 0.578. The van der Waals surface area contributed by atoms with Crippen molar-refractivity contribution >= 4 is 10.0 Å². The third-order valence-electron chi connectivity index (χ3n) is 5.06. The molecular formula is C21H21F3N4O3S. The van der Waals surface area contributed by atoms with Crippen LogP contribution in [-0.2, 0) is 16.6 Å². The number of hydrogen-bond donors (Lipinski definition) is 1. The summed E-state index contributed by atoms with van der Waals surface area (Å²) in [5.41, 5.74) is 2.03. The molecule has 0 aliphatic carbocycles. The number of aromatic nitrogens is 2. The molecule has 1 aliphatic rings. The van der Waals surface area contributed by atoms with E-state index in [0.29, 0.717) is 26.1 Å². The Balaban J connectivity index is 1.35. The van der Waals surface area contributed by atoms with Crippen LogP contribution < -0.4 is 9.46 Å². The minimum atomic E-state index is -4.89. The van der Waals surface area contributed by atoms with Crippen molar-refractivity contribution in [2.45, 2.75) is 30.3 Å². The molecule has 0 saturated carbocycles. The van der Waals surface area contributed by atoms with E-state index in [9.17, 15) is 21.6 Å². The number of likely N-dealkylation sites (tertiary alicyclic amines) is 1. The van der Waals surface area contributed by atoms with Crippen LogP contribution in [0.2, 0.25) is 0 Å². The highest BCUT2D eigenvalue weighted by Gasteiger charge is 2.32. The molecule has 1 N–H and O–H groups in total. The summed E-state index contributed by atoms with van der Waals surface area (Å²) in [6.45, 7) is 1.86. The second-order valence-corrected chi connectivity index (χ2v) is 9.20. The number of ether oxygens (including phenoxy) is 1. The highest BCUT2D eigenvalue weighted by atomic mass is 32.2. The van der Waals surface area contributed by atoms with Gasteiger partial charge in [-0.05, 0) is 42.3 Å². The number of nitrogens with one attached hydrogen (secondary N) is 1. The van der Waals surface area contributed by atoms with Crippen LogP contribution in [0, 0.1) is 0 Å². The maximum atomic E-state index is 12.6. The van der Waals surface area contributed by atoms with E-state index in [4.69, 9.17) is 0 Å². The van der Waals surface area contributed by atoms with Crippen molar-refractivity contribution in [3.63, 3.8) is 0 Å². The number of nitrogens with zero attached hydrogens (tertiary/aromatic N) is 3. The Morgan fingerprint density at radius 2 is 1.91 bits per heavy atom. The van der Waals surface area contributed by atoms with Crippen molar-refractivity contribution < 1.29 is 26.3 Å². The van der Waals surface area contributed by atoms with Crippen LogP contribution in [0.25, 0.3) is 5.69 Å². The van der Waals surface area contributed by atoms with E-state index in [1.54, 1.807) is 10.9 Å². The van der Waals surface area contributed by atoms with Crippen LogP contribution in [0.5, 0.6) is 5.75 Å². The van der Waals surface area contributed by atoms with E-state index in [2.05, 4.69) is 19.5 Å². The molecule has 0 amide bonds. The zero-order chi connectivity index (χ0) is 22.8. The van der Waals surface area contributed by atoms with E-state index < -0.39 is 22.1 Å². The summed E-state index contributed by atoms with van der Waals surface area (Å²) in [6, 6.07) is 13.8. The summed E-state index contributed by atoms with van der Waals surface area (Å²) in [6.07, 6.45) is -0.724. The summed E-state index contributed by atoms with van der Waals surface area (Å²) in [5, 5.41) is 4.19. The fourth-order valence-electron chi connectivity index (χ4n) is 3.63. The number of hydrogen-bond acceptors (Lipinski definition) is 5. The SMILES string of the molecule is O=S(=O)(NC1CCN(Cc2ccc(-n3cccn3)cc2)C1)c1cccc(OC(F)(F)F)c1. The first-order valence-corrected chi connectivity index (χ1v) is 11.4. The lowest BCUT2D eigenvalue weighted by atomic mass is 10.2. The molecule has 170 valence electrons. The first-order valence-electron chi connectivity index (χ1n) is 9.87. The van der Waals surface area contributed by atoms with Gasteiger partial charge in [0.1, 0.15) is 5.75 Å². The van der Waals surface area contributed by atoms with E-state index in [1.807, 2.05) is 36.5 Å². The molecule has 3 aromatic rings. The first kappa shape index (κ1) is 22.3. The number of alkyl halides is 3. The fourth-order valence-corrected chi connectivity index (χ4v) is 4.93. The second kappa shape index (κ2) is 8.93. The van der Waals surface area contributed by atoms with Gasteiger partial charge in [-0.25, -0.2) is 17.8 Å². The van der Waals surface area contributed by atoms with E-state index in [-0.39, 0.29) is 10.9 Å². The molecule has 1 fully saturated rings. The predicted molar refractivity (Wildman–Crippen MR) is 111 cm³/mol. The molecule has 1 saturated heterocycles. The number of sulfonamides is 1. The number of benzene rings is 2. The van der Waals surface area contributed by atoms with Gasteiger partial charge in [-0.2, -0.15) is 5.10 Å². The maximum absolute atomic E-state index is 12.6. The van der Waals surface area contributed by atoms with E-state index in [0.717, 1.165) is 23.4 Å². The third kappa shape index (κ3) is 5.67. The van der Waals surface area contributed by atoms with Gasteiger partial charge in [-0.3, -0.25) is 4.90 Å². The Morgan fingerprint density at radius 1 is 1.12 bits per heavy atom. The van der Waals surface area contributed by atoms with Gasteiger partial charge in [0.25, 0.3) is 0 Å². The van der Waals surface area contributed by atoms with Gasteiger partial charge in [0.05, 0.1) is 10.6 Å². The van der Waals surface area contributed by atoms with Crippen LogP contribution in [0.15, 0.2) is 71.9 Å². The summed E-state index contributed by atoms with van der Waals surface area (Å²) < 4.78 is 70.7. The molecular weight excluding hydrogens is 445 g/mol. The van der Waals surface area contributed by atoms with Gasteiger partial charge < -0.3 is 4.74 Å². The lowest BCUT2D eigenvalue weighted by molar-refractivity contribution is -0.274. The molecule has 11 heteroatoms. The Labute approximate surface area is 183 Å². The smallest absolute Gasteiger partial charge is 0.406 e. The van der Waals surface area contributed by atoms with Gasteiger partial charge in [-0.15, -0.1) is 13.2 Å². The van der Waals surface area contributed by atoms with Crippen molar-refractivity contribution in [1.82, 2.24) is 19.4 Å². The third-order valence-corrected chi connectivity index (χ3v) is 6.57.